The maximum Gasteiger partial charge on any atom is 0.287 e. The van der Waals surface area contributed by atoms with Gasteiger partial charge in [-0.3, -0.25) is 4.79 Å². The van der Waals surface area contributed by atoms with Gasteiger partial charge in [-0.25, -0.2) is 5.43 Å². The molecule has 0 aliphatic carbocycles. The molecule has 6 heteroatoms. The molecule has 2 aromatic carbocycles. The number of rotatable bonds is 8. The van der Waals surface area contributed by atoms with Crippen molar-refractivity contribution < 1.29 is 14.3 Å². The highest BCUT2D eigenvalue weighted by Gasteiger charge is 2.12. The van der Waals surface area contributed by atoms with Crippen LogP contribution in [0.5, 0.6) is 11.5 Å². The number of hydrogen-bond acceptors (Lipinski definition) is 4. The lowest BCUT2D eigenvalue weighted by molar-refractivity contribution is 0.0947. The van der Waals surface area contributed by atoms with Gasteiger partial charge in [0.05, 0.1) is 19.4 Å². The second-order valence-corrected chi connectivity index (χ2v) is 6.33. The molecular weight excluding hydrogens is 354 g/mol. The summed E-state index contributed by atoms with van der Waals surface area (Å²) >= 11 is 0. The molecule has 146 valence electrons. The average molecular weight is 379 g/mol. The molecule has 1 amide bonds. The highest BCUT2D eigenvalue weighted by Crippen LogP contribution is 2.28. The molecule has 0 aliphatic heterocycles. The van der Waals surface area contributed by atoms with E-state index in [1.54, 1.807) is 6.21 Å². The van der Waals surface area contributed by atoms with Crippen LogP contribution in [0.3, 0.4) is 0 Å². The molecule has 0 atom stereocenters. The molecule has 0 fully saturated rings. The fraction of sp³-hybridized carbons (Fsp3) is 0.273. The summed E-state index contributed by atoms with van der Waals surface area (Å²) in [4.78, 5) is 12.5. The molecule has 0 radical (unpaired) electrons. The SMILES string of the molecule is CCCOc1ccc(/C=N/NC(=O)c2cc3ccccc3n2C)cc1OCC. The van der Waals surface area contributed by atoms with Crippen molar-refractivity contribution in [2.24, 2.45) is 12.1 Å². The minimum absolute atomic E-state index is 0.261. The number of nitrogens with zero attached hydrogens (tertiary/aromatic N) is 2. The molecule has 1 N–H and O–H groups in total. The van der Waals surface area contributed by atoms with E-state index in [2.05, 4.69) is 17.5 Å². The van der Waals surface area contributed by atoms with Crippen molar-refractivity contribution in [2.75, 3.05) is 13.2 Å². The van der Waals surface area contributed by atoms with Gasteiger partial charge in [0.1, 0.15) is 5.69 Å². The third-order valence-corrected chi connectivity index (χ3v) is 4.29. The number of hydrazone groups is 1. The molecule has 1 heterocycles. The largest absolute Gasteiger partial charge is 0.490 e. The van der Waals surface area contributed by atoms with E-state index in [0.717, 1.165) is 22.9 Å². The molecule has 1 aromatic heterocycles. The Bertz CT molecular complexity index is 992. The van der Waals surface area contributed by atoms with E-state index < -0.39 is 0 Å². The summed E-state index contributed by atoms with van der Waals surface area (Å²) in [6, 6.07) is 15.3. The third-order valence-electron chi connectivity index (χ3n) is 4.29. The van der Waals surface area contributed by atoms with E-state index in [-0.39, 0.29) is 5.91 Å². The Hall–Kier alpha value is -3.28. The minimum atomic E-state index is -0.261. The van der Waals surface area contributed by atoms with Crippen LogP contribution in [-0.4, -0.2) is 29.9 Å². The topological polar surface area (TPSA) is 64.8 Å². The first-order valence-corrected chi connectivity index (χ1v) is 9.41. The quantitative estimate of drug-likeness (QED) is 0.473. The molecule has 0 saturated carbocycles. The van der Waals surface area contributed by atoms with Crippen molar-refractivity contribution in [2.45, 2.75) is 20.3 Å². The lowest BCUT2D eigenvalue weighted by Crippen LogP contribution is -2.20. The van der Waals surface area contributed by atoms with Gasteiger partial charge < -0.3 is 14.0 Å². The van der Waals surface area contributed by atoms with E-state index >= 15 is 0 Å². The average Bonchev–Trinajstić information content (AvgIpc) is 3.04. The van der Waals surface area contributed by atoms with Gasteiger partial charge in [0.2, 0.25) is 0 Å². The molecule has 0 saturated heterocycles. The van der Waals surface area contributed by atoms with Crippen LogP contribution >= 0.6 is 0 Å². The zero-order valence-electron chi connectivity index (χ0n) is 16.4. The molecular formula is C22H25N3O3. The second kappa shape index (κ2) is 9.08. The van der Waals surface area contributed by atoms with Crippen LogP contribution in [0.25, 0.3) is 10.9 Å². The van der Waals surface area contributed by atoms with Gasteiger partial charge in [-0.15, -0.1) is 0 Å². The lowest BCUT2D eigenvalue weighted by atomic mass is 10.2. The van der Waals surface area contributed by atoms with Crippen LogP contribution < -0.4 is 14.9 Å². The number of aryl methyl sites for hydroxylation is 1. The van der Waals surface area contributed by atoms with E-state index in [0.29, 0.717) is 30.4 Å². The predicted octanol–water partition coefficient (Wildman–Crippen LogP) is 4.13. The molecule has 0 bridgehead atoms. The van der Waals surface area contributed by atoms with Gasteiger partial charge in [-0.2, -0.15) is 5.10 Å². The summed E-state index contributed by atoms with van der Waals surface area (Å²) in [7, 11) is 1.87. The number of nitrogens with one attached hydrogen (secondary N) is 1. The fourth-order valence-electron chi connectivity index (χ4n) is 2.93. The van der Waals surface area contributed by atoms with Gasteiger partial charge in [-0.1, -0.05) is 25.1 Å². The van der Waals surface area contributed by atoms with Crippen molar-refractivity contribution in [1.29, 1.82) is 0 Å². The molecule has 3 aromatic rings. The summed E-state index contributed by atoms with van der Waals surface area (Å²) in [5, 5.41) is 5.10. The van der Waals surface area contributed by atoms with E-state index in [1.807, 2.05) is 67.1 Å². The summed E-state index contributed by atoms with van der Waals surface area (Å²) < 4.78 is 13.2. The summed E-state index contributed by atoms with van der Waals surface area (Å²) in [5.74, 6) is 1.11. The first kappa shape index (κ1) is 19.5. The lowest BCUT2D eigenvalue weighted by Gasteiger charge is -2.11. The first-order chi connectivity index (χ1) is 13.6. The number of ether oxygens (including phenoxy) is 2. The number of para-hydroxylation sites is 1. The Morgan fingerprint density at radius 3 is 2.68 bits per heavy atom. The monoisotopic (exact) mass is 379 g/mol. The first-order valence-electron chi connectivity index (χ1n) is 9.41. The molecule has 0 aliphatic rings. The van der Waals surface area contributed by atoms with Crippen LogP contribution in [0.1, 0.15) is 36.3 Å². The fourth-order valence-corrected chi connectivity index (χ4v) is 2.93. The number of carbonyl (C=O) groups is 1. The Morgan fingerprint density at radius 2 is 1.93 bits per heavy atom. The number of carbonyl (C=O) groups excluding carboxylic acids is 1. The van der Waals surface area contributed by atoms with Crippen molar-refractivity contribution in [3.05, 3.63) is 59.8 Å². The van der Waals surface area contributed by atoms with Crippen molar-refractivity contribution in [3.8, 4) is 11.5 Å². The summed E-state index contributed by atoms with van der Waals surface area (Å²) in [6.07, 6.45) is 2.52. The highest BCUT2D eigenvalue weighted by atomic mass is 16.5. The van der Waals surface area contributed by atoms with Gasteiger partial charge in [0, 0.05) is 18.0 Å². The molecule has 0 spiro atoms. The summed E-state index contributed by atoms with van der Waals surface area (Å²) in [5.41, 5.74) is 4.95. The zero-order chi connectivity index (χ0) is 19.9. The molecule has 6 nitrogen and oxygen atoms in total. The van der Waals surface area contributed by atoms with Gasteiger partial charge >= 0.3 is 0 Å². The number of amides is 1. The molecule has 0 unspecified atom stereocenters. The van der Waals surface area contributed by atoms with E-state index in [1.165, 1.54) is 0 Å². The molecule has 28 heavy (non-hydrogen) atoms. The smallest absolute Gasteiger partial charge is 0.287 e. The van der Waals surface area contributed by atoms with Gasteiger partial charge in [0.25, 0.3) is 5.91 Å². The second-order valence-electron chi connectivity index (χ2n) is 6.33. The van der Waals surface area contributed by atoms with Crippen molar-refractivity contribution >= 4 is 23.0 Å². The maximum atomic E-state index is 12.5. The Labute approximate surface area is 164 Å². The Kier molecular flexibility index (Phi) is 6.32. The van der Waals surface area contributed by atoms with Crippen LogP contribution in [0.4, 0.5) is 0 Å². The maximum absolute atomic E-state index is 12.5. The zero-order valence-corrected chi connectivity index (χ0v) is 16.4. The van der Waals surface area contributed by atoms with Crippen LogP contribution in [0.15, 0.2) is 53.6 Å². The van der Waals surface area contributed by atoms with Gasteiger partial charge in [0.15, 0.2) is 11.5 Å². The Morgan fingerprint density at radius 1 is 1.11 bits per heavy atom. The minimum Gasteiger partial charge on any atom is -0.490 e. The van der Waals surface area contributed by atoms with Crippen LogP contribution in [0, 0.1) is 0 Å². The van der Waals surface area contributed by atoms with Crippen LogP contribution in [0.2, 0.25) is 0 Å². The van der Waals surface area contributed by atoms with Crippen LogP contribution in [-0.2, 0) is 7.05 Å². The van der Waals surface area contributed by atoms with Crippen molar-refractivity contribution in [3.63, 3.8) is 0 Å². The predicted molar refractivity (Wildman–Crippen MR) is 111 cm³/mol. The Balaban J connectivity index is 1.71. The van der Waals surface area contributed by atoms with Gasteiger partial charge in [-0.05, 0) is 49.2 Å². The number of aromatic nitrogens is 1. The standard InChI is InChI=1S/C22H25N3O3/c1-4-12-28-20-11-10-16(13-21(20)27-5-2)15-23-24-22(26)19-14-17-8-6-7-9-18(17)25(19)3/h6-11,13-15H,4-5,12H2,1-3H3,(H,24,26)/b23-15+. The van der Waals surface area contributed by atoms with E-state index in [9.17, 15) is 4.79 Å². The number of benzene rings is 2. The van der Waals surface area contributed by atoms with E-state index in [4.69, 9.17) is 9.47 Å². The normalized spacial score (nSPS) is 11.1. The molecule has 3 rings (SSSR count). The highest BCUT2D eigenvalue weighted by molar-refractivity contribution is 5.99. The number of hydrogen-bond donors (Lipinski definition) is 1. The van der Waals surface area contributed by atoms with Crippen molar-refractivity contribution in [1.82, 2.24) is 9.99 Å². The third kappa shape index (κ3) is 4.34. The summed E-state index contributed by atoms with van der Waals surface area (Å²) in [6.45, 7) is 5.16. The number of fused-ring (bicyclic) bond motifs is 1.